The highest BCUT2D eigenvalue weighted by molar-refractivity contribution is 8.02. The first-order valence-electron chi connectivity index (χ1n) is 12.2. The minimum absolute atomic E-state index is 0.0240. The van der Waals surface area contributed by atoms with Crippen LogP contribution in [0.5, 0.6) is 0 Å². The number of rotatable bonds is 13. The molecule has 0 aromatic carbocycles. The predicted octanol–water partition coefficient (Wildman–Crippen LogP) is 2.07. The molecule has 0 aliphatic carbocycles. The van der Waals surface area contributed by atoms with Crippen LogP contribution in [0.25, 0.3) is 0 Å². The van der Waals surface area contributed by atoms with Crippen molar-refractivity contribution in [3.8, 4) is 0 Å². The number of amides is 3. The van der Waals surface area contributed by atoms with E-state index in [1.54, 1.807) is 16.7 Å². The number of nitrogens with one attached hydrogen (secondary N) is 2. The maximum absolute atomic E-state index is 13.6. The lowest BCUT2D eigenvalue weighted by molar-refractivity contribution is -0.140. The van der Waals surface area contributed by atoms with Crippen LogP contribution in [0.15, 0.2) is 0 Å². The van der Waals surface area contributed by atoms with Crippen LogP contribution in [-0.2, 0) is 14.4 Å². The molecular formula is C23H39N3O4S. The Morgan fingerprint density at radius 2 is 1.84 bits per heavy atom. The van der Waals surface area contributed by atoms with Gasteiger partial charge in [-0.3, -0.25) is 14.4 Å². The number of likely N-dealkylation sites (tertiary alicyclic amines) is 1. The van der Waals surface area contributed by atoms with Gasteiger partial charge in [-0.1, -0.05) is 26.7 Å². The third-order valence-electron chi connectivity index (χ3n) is 7.04. The highest BCUT2D eigenvalue weighted by Gasteiger charge is 2.73. The van der Waals surface area contributed by atoms with Gasteiger partial charge in [-0.05, 0) is 44.9 Å². The summed E-state index contributed by atoms with van der Waals surface area (Å²) in [4.78, 5) is 41.7. The van der Waals surface area contributed by atoms with E-state index in [0.717, 1.165) is 51.4 Å². The molecule has 3 saturated heterocycles. The average Bonchev–Trinajstić information content (AvgIpc) is 3.40. The van der Waals surface area contributed by atoms with Crippen molar-refractivity contribution in [2.75, 3.05) is 26.2 Å². The zero-order valence-corrected chi connectivity index (χ0v) is 19.8. The summed E-state index contributed by atoms with van der Waals surface area (Å²) in [5.74, 6) is -0.850. The van der Waals surface area contributed by atoms with Gasteiger partial charge in [0.05, 0.1) is 16.6 Å². The van der Waals surface area contributed by atoms with Gasteiger partial charge in [0.15, 0.2) is 0 Å². The number of carbonyl (C=O) groups excluding carboxylic acids is 3. The smallest absolute Gasteiger partial charge is 0.244 e. The van der Waals surface area contributed by atoms with Crippen molar-refractivity contribution in [1.82, 2.24) is 15.5 Å². The molecule has 2 bridgehead atoms. The molecule has 3 heterocycles. The summed E-state index contributed by atoms with van der Waals surface area (Å²) in [7, 11) is 0. The third kappa shape index (κ3) is 4.75. The van der Waals surface area contributed by atoms with Gasteiger partial charge in [0.2, 0.25) is 17.7 Å². The van der Waals surface area contributed by atoms with Gasteiger partial charge in [-0.15, -0.1) is 11.8 Å². The molecule has 0 aromatic heterocycles. The second kappa shape index (κ2) is 11.0. The van der Waals surface area contributed by atoms with E-state index in [1.165, 1.54) is 0 Å². The summed E-state index contributed by atoms with van der Waals surface area (Å²) >= 11 is 1.73. The monoisotopic (exact) mass is 453 g/mol. The fraction of sp³-hybridized carbons (Fsp3) is 0.870. The molecule has 3 aliphatic heterocycles. The number of thioether (sulfide) groups is 1. The molecule has 0 radical (unpaired) electrons. The van der Waals surface area contributed by atoms with Gasteiger partial charge in [0.1, 0.15) is 6.04 Å². The van der Waals surface area contributed by atoms with Crippen LogP contribution >= 0.6 is 11.8 Å². The second-order valence-electron chi connectivity index (χ2n) is 9.16. The van der Waals surface area contributed by atoms with Crippen molar-refractivity contribution in [2.24, 2.45) is 11.8 Å². The van der Waals surface area contributed by atoms with E-state index in [0.29, 0.717) is 26.1 Å². The van der Waals surface area contributed by atoms with E-state index in [4.69, 9.17) is 5.11 Å². The quantitative estimate of drug-likeness (QED) is 0.371. The molecule has 0 aromatic rings. The van der Waals surface area contributed by atoms with Crippen LogP contribution in [0, 0.1) is 11.8 Å². The molecule has 3 fully saturated rings. The molecule has 3 N–H and O–H groups in total. The van der Waals surface area contributed by atoms with Crippen molar-refractivity contribution in [3.63, 3.8) is 0 Å². The molecular weight excluding hydrogens is 414 g/mol. The number of nitrogens with zero attached hydrogens (tertiary/aromatic N) is 1. The average molecular weight is 454 g/mol. The summed E-state index contributed by atoms with van der Waals surface area (Å²) in [6.07, 6.45) is 7.93. The number of hydrogen-bond acceptors (Lipinski definition) is 5. The van der Waals surface area contributed by atoms with Gasteiger partial charge >= 0.3 is 0 Å². The van der Waals surface area contributed by atoms with Gasteiger partial charge in [0.25, 0.3) is 0 Å². The molecule has 2 unspecified atom stereocenters. The van der Waals surface area contributed by atoms with Crippen LogP contribution in [0.1, 0.15) is 71.6 Å². The maximum atomic E-state index is 13.6. The molecule has 0 saturated carbocycles. The lowest BCUT2D eigenvalue weighted by Gasteiger charge is -2.34. The molecule has 7 nitrogen and oxygen atoms in total. The van der Waals surface area contributed by atoms with Gasteiger partial charge in [0, 0.05) is 31.5 Å². The molecule has 3 amide bonds. The molecule has 3 rings (SSSR count). The molecule has 176 valence electrons. The summed E-state index contributed by atoms with van der Waals surface area (Å²) in [5.41, 5.74) is 0. The third-order valence-corrected chi connectivity index (χ3v) is 8.99. The SMILES string of the molecule is CCCCCNC(=O)C1N(CCCCCO)C(=O)[C@@H]2[C@H](C(=O)NCCC)[C@@H]3CCC12S3. The number of unbranched alkanes of at least 4 members (excludes halogenated alkanes) is 4. The highest BCUT2D eigenvalue weighted by atomic mass is 32.2. The van der Waals surface area contributed by atoms with E-state index in [9.17, 15) is 14.4 Å². The van der Waals surface area contributed by atoms with E-state index in [1.807, 2.05) is 6.92 Å². The van der Waals surface area contributed by atoms with Crippen LogP contribution in [0.4, 0.5) is 0 Å². The molecule has 5 atom stereocenters. The van der Waals surface area contributed by atoms with Crippen LogP contribution in [0.2, 0.25) is 0 Å². The van der Waals surface area contributed by atoms with Gasteiger partial charge in [-0.25, -0.2) is 0 Å². The number of carbonyl (C=O) groups is 3. The Labute approximate surface area is 190 Å². The first kappa shape index (κ1) is 24.4. The van der Waals surface area contributed by atoms with Crippen LogP contribution < -0.4 is 10.6 Å². The normalized spacial score (nSPS) is 31.2. The fourth-order valence-electron chi connectivity index (χ4n) is 5.61. The van der Waals surface area contributed by atoms with Crippen molar-refractivity contribution in [1.29, 1.82) is 0 Å². The van der Waals surface area contributed by atoms with E-state index < -0.39 is 16.7 Å². The fourth-order valence-corrected chi connectivity index (χ4v) is 7.83. The Kier molecular flexibility index (Phi) is 8.67. The number of aliphatic hydroxyl groups excluding tert-OH is 1. The topological polar surface area (TPSA) is 98.7 Å². The minimum Gasteiger partial charge on any atom is -0.396 e. The summed E-state index contributed by atoms with van der Waals surface area (Å²) in [6.45, 7) is 6.05. The van der Waals surface area contributed by atoms with E-state index in [2.05, 4.69) is 17.6 Å². The van der Waals surface area contributed by atoms with Crippen LogP contribution in [0.3, 0.4) is 0 Å². The summed E-state index contributed by atoms with van der Waals surface area (Å²) in [5, 5.41) is 15.3. The Hall–Kier alpha value is -1.28. The van der Waals surface area contributed by atoms with Gasteiger partial charge < -0.3 is 20.6 Å². The van der Waals surface area contributed by atoms with E-state index in [-0.39, 0.29) is 35.5 Å². The number of aliphatic hydroxyl groups is 1. The molecule has 1 spiro atoms. The summed E-state index contributed by atoms with van der Waals surface area (Å²) < 4.78 is -0.484. The first-order chi connectivity index (χ1) is 15.0. The first-order valence-corrected chi connectivity index (χ1v) is 13.0. The van der Waals surface area contributed by atoms with Crippen molar-refractivity contribution >= 4 is 29.5 Å². The van der Waals surface area contributed by atoms with Crippen molar-refractivity contribution in [2.45, 2.75) is 87.7 Å². The number of fused-ring (bicyclic) bond motifs is 1. The molecule has 8 heteroatoms. The summed E-state index contributed by atoms with van der Waals surface area (Å²) in [6, 6.07) is -0.500. The minimum atomic E-state index is -0.500. The Balaban J connectivity index is 1.81. The van der Waals surface area contributed by atoms with Crippen molar-refractivity contribution < 1.29 is 19.5 Å². The Morgan fingerprint density at radius 1 is 1.06 bits per heavy atom. The zero-order chi connectivity index (χ0) is 22.4. The largest absolute Gasteiger partial charge is 0.396 e. The van der Waals surface area contributed by atoms with E-state index >= 15 is 0 Å². The lowest BCUT2D eigenvalue weighted by Crippen LogP contribution is -2.54. The zero-order valence-electron chi connectivity index (χ0n) is 19.0. The maximum Gasteiger partial charge on any atom is 0.244 e. The Morgan fingerprint density at radius 3 is 2.55 bits per heavy atom. The lowest BCUT2D eigenvalue weighted by atomic mass is 9.70. The Bertz CT molecular complexity index is 661. The standard InChI is InChI=1S/C23H39N3O4S/c1-3-5-7-13-25-21(29)19-23-11-10-16(31-23)17(20(28)24-12-4-2)18(23)22(30)26(19)14-8-6-9-15-27/h16-19,27H,3-15H2,1-2H3,(H,24,28)(H,25,29)/t16-,17+,18-,19?,23?/m0/s1. The predicted molar refractivity (Wildman–Crippen MR) is 123 cm³/mol. The van der Waals surface area contributed by atoms with Gasteiger partial charge in [-0.2, -0.15) is 0 Å². The second-order valence-corrected chi connectivity index (χ2v) is 10.8. The highest BCUT2D eigenvalue weighted by Crippen LogP contribution is 2.66. The molecule has 3 aliphatic rings. The number of hydrogen-bond donors (Lipinski definition) is 3. The van der Waals surface area contributed by atoms with Crippen molar-refractivity contribution in [3.05, 3.63) is 0 Å². The van der Waals surface area contributed by atoms with Crippen LogP contribution in [-0.4, -0.2) is 70.0 Å². The molecule has 31 heavy (non-hydrogen) atoms.